The average molecular weight is 319 g/mol. The Morgan fingerprint density at radius 2 is 1.42 bits per heavy atom. The van der Waals surface area contributed by atoms with Gasteiger partial charge in [-0.15, -0.1) is 0 Å². The Kier molecular flexibility index (Phi) is 5.53. The fourth-order valence-electron chi connectivity index (χ4n) is 2.47. The summed E-state index contributed by atoms with van der Waals surface area (Å²) in [6.45, 7) is 1.28. The summed E-state index contributed by atoms with van der Waals surface area (Å²) in [6.07, 6.45) is 3.55. The van der Waals surface area contributed by atoms with E-state index in [2.05, 4.69) is 4.98 Å². The van der Waals surface area contributed by atoms with Crippen LogP contribution in [-0.2, 0) is 0 Å². The Morgan fingerprint density at radius 1 is 0.792 bits per heavy atom. The standard InChI is InChI=1S/C20H21N3O/c21-13-7-8-14-24-18-15-22-19(16-9-3-1-4-10-16)20(23-18)17-11-5-2-6-12-17/h1-6,9-12,15H,7-8,13-14,21H2. The van der Waals surface area contributed by atoms with Crippen molar-refractivity contribution in [2.45, 2.75) is 12.8 Å². The third-order valence-corrected chi connectivity index (χ3v) is 3.69. The van der Waals surface area contributed by atoms with Crippen molar-refractivity contribution in [3.63, 3.8) is 0 Å². The molecule has 4 heteroatoms. The van der Waals surface area contributed by atoms with Gasteiger partial charge in [-0.05, 0) is 19.4 Å². The highest BCUT2D eigenvalue weighted by Crippen LogP contribution is 2.30. The molecule has 3 rings (SSSR count). The number of unbranched alkanes of at least 4 members (excludes halogenated alkanes) is 1. The fraction of sp³-hybridized carbons (Fsp3) is 0.200. The van der Waals surface area contributed by atoms with Gasteiger partial charge >= 0.3 is 0 Å². The first-order chi connectivity index (χ1) is 11.9. The lowest BCUT2D eigenvalue weighted by Crippen LogP contribution is -2.05. The minimum atomic E-state index is 0.547. The third kappa shape index (κ3) is 3.97. The van der Waals surface area contributed by atoms with Gasteiger partial charge in [-0.3, -0.25) is 0 Å². The Balaban J connectivity index is 1.94. The molecule has 2 N–H and O–H groups in total. The second-order valence-electron chi connectivity index (χ2n) is 5.48. The average Bonchev–Trinajstić information content (AvgIpc) is 2.66. The van der Waals surface area contributed by atoms with Crippen LogP contribution in [0.15, 0.2) is 66.9 Å². The lowest BCUT2D eigenvalue weighted by atomic mass is 10.0. The van der Waals surface area contributed by atoms with E-state index in [1.807, 2.05) is 60.7 Å². The number of nitrogens with zero attached hydrogens (tertiary/aromatic N) is 2. The molecule has 0 saturated heterocycles. The molecule has 0 spiro atoms. The number of hydrogen-bond donors (Lipinski definition) is 1. The lowest BCUT2D eigenvalue weighted by molar-refractivity contribution is 0.295. The number of benzene rings is 2. The highest BCUT2D eigenvalue weighted by atomic mass is 16.5. The first-order valence-corrected chi connectivity index (χ1v) is 8.19. The Bertz CT molecular complexity index is 760. The van der Waals surface area contributed by atoms with Crippen molar-refractivity contribution in [1.29, 1.82) is 0 Å². The molecule has 0 atom stereocenters. The smallest absolute Gasteiger partial charge is 0.232 e. The number of aromatic nitrogens is 2. The molecule has 0 unspecified atom stereocenters. The molecule has 0 aliphatic rings. The first kappa shape index (κ1) is 16.1. The van der Waals surface area contributed by atoms with E-state index in [1.54, 1.807) is 6.20 Å². The fourth-order valence-corrected chi connectivity index (χ4v) is 2.47. The Morgan fingerprint density at radius 3 is 2.04 bits per heavy atom. The van der Waals surface area contributed by atoms with Crippen LogP contribution in [0.25, 0.3) is 22.5 Å². The van der Waals surface area contributed by atoms with E-state index < -0.39 is 0 Å². The Labute approximate surface area is 142 Å². The second kappa shape index (κ2) is 8.22. The molecule has 0 bridgehead atoms. The maximum atomic E-state index is 5.73. The molecule has 0 aliphatic carbocycles. The van der Waals surface area contributed by atoms with Crippen LogP contribution >= 0.6 is 0 Å². The van der Waals surface area contributed by atoms with Crippen LogP contribution in [0.2, 0.25) is 0 Å². The molecule has 0 fully saturated rings. The van der Waals surface area contributed by atoms with Gasteiger partial charge in [0.15, 0.2) is 0 Å². The normalized spacial score (nSPS) is 10.5. The molecule has 4 nitrogen and oxygen atoms in total. The van der Waals surface area contributed by atoms with Crippen LogP contribution < -0.4 is 10.5 Å². The van der Waals surface area contributed by atoms with E-state index in [0.717, 1.165) is 35.4 Å². The summed E-state index contributed by atoms with van der Waals surface area (Å²) in [5.41, 5.74) is 9.26. The monoisotopic (exact) mass is 319 g/mol. The van der Waals surface area contributed by atoms with Crippen molar-refractivity contribution in [2.24, 2.45) is 5.73 Å². The summed E-state index contributed by atoms with van der Waals surface area (Å²) in [6, 6.07) is 20.1. The summed E-state index contributed by atoms with van der Waals surface area (Å²) in [7, 11) is 0. The molecule has 0 aliphatic heterocycles. The first-order valence-electron chi connectivity index (χ1n) is 8.19. The molecule has 2 aromatic carbocycles. The maximum absolute atomic E-state index is 5.73. The summed E-state index contributed by atoms with van der Waals surface area (Å²) < 4.78 is 5.73. The van der Waals surface area contributed by atoms with Crippen molar-refractivity contribution in [1.82, 2.24) is 9.97 Å². The molecule has 3 aromatic rings. The van der Waals surface area contributed by atoms with Crippen LogP contribution in [0.3, 0.4) is 0 Å². The predicted octanol–water partition coefficient (Wildman–Crippen LogP) is 3.93. The van der Waals surface area contributed by atoms with Gasteiger partial charge in [0.25, 0.3) is 0 Å². The molecule has 1 aromatic heterocycles. The molecule has 0 amide bonds. The van der Waals surface area contributed by atoms with Gasteiger partial charge < -0.3 is 10.5 Å². The van der Waals surface area contributed by atoms with E-state index in [4.69, 9.17) is 15.5 Å². The molecule has 122 valence electrons. The quantitative estimate of drug-likeness (QED) is 0.670. The van der Waals surface area contributed by atoms with E-state index in [9.17, 15) is 0 Å². The van der Waals surface area contributed by atoms with E-state index in [0.29, 0.717) is 19.0 Å². The molecular weight excluding hydrogens is 298 g/mol. The van der Waals surface area contributed by atoms with Crippen molar-refractivity contribution in [3.8, 4) is 28.4 Å². The van der Waals surface area contributed by atoms with Crippen LogP contribution in [0.1, 0.15) is 12.8 Å². The highest BCUT2D eigenvalue weighted by molar-refractivity contribution is 5.77. The van der Waals surface area contributed by atoms with Crippen molar-refractivity contribution in [3.05, 3.63) is 66.9 Å². The van der Waals surface area contributed by atoms with Gasteiger partial charge in [-0.1, -0.05) is 60.7 Å². The van der Waals surface area contributed by atoms with Crippen molar-refractivity contribution >= 4 is 0 Å². The summed E-state index contributed by atoms with van der Waals surface area (Å²) in [5.74, 6) is 0.547. The second-order valence-corrected chi connectivity index (χ2v) is 5.48. The van der Waals surface area contributed by atoms with Gasteiger partial charge in [0.2, 0.25) is 5.88 Å². The lowest BCUT2D eigenvalue weighted by Gasteiger charge is -2.11. The van der Waals surface area contributed by atoms with Gasteiger partial charge in [0.1, 0.15) is 5.69 Å². The van der Waals surface area contributed by atoms with Gasteiger partial charge in [0.05, 0.1) is 18.5 Å². The van der Waals surface area contributed by atoms with Crippen molar-refractivity contribution < 1.29 is 4.74 Å². The molecule has 24 heavy (non-hydrogen) atoms. The molecular formula is C20H21N3O. The number of rotatable bonds is 7. The van der Waals surface area contributed by atoms with E-state index in [-0.39, 0.29) is 0 Å². The summed E-state index contributed by atoms with van der Waals surface area (Å²) in [4.78, 5) is 9.31. The summed E-state index contributed by atoms with van der Waals surface area (Å²) in [5, 5.41) is 0. The van der Waals surface area contributed by atoms with Gasteiger partial charge in [0, 0.05) is 11.1 Å². The van der Waals surface area contributed by atoms with E-state index in [1.165, 1.54) is 0 Å². The molecule has 0 radical (unpaired) electrons. The number of nitrogens with two attached hydrogens (primary N) is 1. The zero-order chi connectivity index (χ0) is 16.6. The zero-order valence-electron chi connectivity index (χ0n) is 13.6. The topological polar surface area (TPSA) is 61.0 Å². The Hall–Kier alpha value is -2.72. The minimum absolute atomic E-state index is 0.547. The van der Waals surface area contributed by atoms with Crippen LogP contribution in [-0.4, -0.2) is 23.1 Å². The number of ether oxygens (including phenoxy) is 1. The van der Waals surface area contributed by atoms with Crippen molar-refractivity contribution in [2.75, 3.05) is 13.2 Å². The SMILES string of the molecule is NCCCCOc1cnc(-c2ccccc2)c(-c2ccccc2)n1. The zero-order valence-corrected chi connectivity index (χ0v) is 13.6. The van der Waals surface area contributed by atoms with Gasteiger partial charge in [-0.25, -0.2) is 9.97 Å². The summed E-state index contributed by atoms with van der Waals surface area (Å²) >= 11 is 0. The predicted molar refractivity (Wildman–Crippen MR) is 96.7 cm³/mol. The maximum Gasteiger partial charge on any atom is 0.232 e. The van der Waals surface area contributed by atoms with Crippen LogP contribution in [0.5, 0.6) is 5.88 Å². The highest BCUT2D eigenvalue weighted by Gasteiger charge is 2.12. The van der Waals surface area contributed by atoms with E-state index >= 15 is 0 Å². The van der Waals surface area contributed by atoms with Gasteiger partial charge in [-0.2, -0.15) is 0 Å². The minimum Gasteiger partial charge on any atom is -0.477 e. The molecule has 0 saturated carbocycles. The third-order valence-electron chi connectivity index (χ3n) is 3.69. The molecule has 1 heterocycles. The number of hydrogen-bond acceptors (Lipinski definition) is 4. The van der Waals surface area contributed by atoms with Crippen LogP contribution in [0, 0.1) is 0 Å². The largest absolute Gasteiger partial charge is 0.477 e. The van der Waals surface area contributed by atoms with Crippen LogP contribution in [0.4, 0.5) is 0 Å².